The topological polar surface area (TPSA) is 85.7 Å². The van der Waals surface area contributed by atoms with Crippen LogP contribution >= 0.6 is 0 Å². The molecule has 3 rings (SSSR count). The van der Waals surface area contributed by atoms with Crippen molar-refractivity contribution in [2.45, 2.75) is 6.92 Å². The van der Waals surface area contributed by atoms with Crippen LogP contribution in [0.5, 0.6) is 11.5 Å². The number of phenols is 1. The monoisotopic (exact) mass is 322 g/mol. The van der Waals surface area contributed by atoms with Gasteiger partial charge in [-0.25, -0.2) is 9.66 Å². The molecular formula is C18H18N4O2. The van der Waals surface area contributed by atoms with E-state index < -0.39 is 0 Å². The van der Waals surface area contributed by atoms with Gasteiger partial charge in [0.15, 0.2) is 0 Å². The lowest BCUT2D eigenvalue weighted by atomic mass is 10.0. The van der Waals surface area contributed by atoms with Gasteiger partial charge in [0.25, 0.3) is 0 Å². The molecule has 122 valence electrons. The third-order valence-electron chi connectivity index (χ3n) is 3.61. The molecule has 6 nitrogen and oxygen atoms in total. The molecule has 0 atom stereocenters. The van der Waals surface area contributed by atoms with Crippen LogP contribution in [0.15, 0.2) is 53.8 Å². The van der Waals surface area contributed by atoms with E-state index in [1.165, 1.54) is 4.68 Å². The number of aromatic nitrogens is 2. The molecule has 6 heteroatoms. The lowest BCUT2D eigenvalue weighted by Crippen LogP contribution is -1.97. The molecule has 0 aliphatic carbocycles. The van der Waals surface area contributed by atoms with Crippen LogP contribution in [-0.4, -0.2) is 28.1 Å². The first-order valence-corrected chi connectivity index (χ1v) is 7.40. The van der Waals surface area contributed by atoms with Crippen LogP contribution in [0.3, 0.4) is 0 Å². The predicted octanol–water partition coefficient (Wildman–Crippen LogP) is 3.04. The number of phenolic OH excluding ortho intramolecular Hbond substituents is 1. The van der Waals surface area contributed by atoms with Gasteiger partial charge in [0.1, 0.15) is 11.5 Å². The predicted molar refractivity (Wildman–Crippen MR) is 94.5 cm³/mol. The highest BCUT2D eigenvalue weighted by atomic mass is 16.5. The maximum atomic E-state index is 10.0. The van der Waals surface area contributed by atoms with Crippen molar-refractivity contribution in [2.24, 2.45) is 5.10 Å². The van der Waals surface area contributed by atoms with E-state index in [4.69, 9.17) is 10.5 Å². The fourth-order valence-electron chi connectivity index (χ4n) is 2.34. The molecule has 3 aromatic rings. The number of aromatic hydroxyl groups is 1. The number of ether oxygens (including phenoxy) is 1. The van der Waals surface area contributed by atoms with Crippen LogP contribution in [0, 0.1) is 6.92 Å². The first-order chi connectivity index (χ1) is 11.6. The number of aryl methyl sites for hydroxylation is 1. The zero-order valence-electron chi connectivity index (χ0n) is 13.5. The summed E-state index contributed by atoms with van der Waals surface area (Å²) in [4.78, 5) is 4.08. The third kappa shape index (κ3) is 3.22. The van der Waals surface area contributed by atoms with Gasteiger partial charge in [0.2, 0.25) is 5.95 Å². The van der Waals surface area contributed by atoms with Gasteiger partial charge in [-0.1, -0.05) is 18.2 Å². The molecule has 1 heterocycles. The lowest BCUT2D eigenvalue weighted by Gasteiger charge is -2.06. The van der Waals surface area contributed by atoms with Crippen molar-refractivity contribution in [1.29, 1.82) is 0 Å². The van der Waals surface area contributed by atoms with Crippen LogP contribution in [0.2, 0.25) is 0 Å². The Kier molecular flexibility index (Phi) is 4.20. The Morgan fingerprint density at radius 3 is 2.50 bits per heavy atom. The van der Waals surface area contributed by atoms with E-state index in [2.05, 4.69) is 10.1 Å². The molecule has 0 fully saturated rings. The van der Waals surface area contributed by atoms with Gasteiger partial charge in [-0.15, -0.1) is 0 Å². The summed E-state index contributed by atoms with van der Waals surface area (Å²) in [7, 11) is 1.63. The summed E-state index contributed by atoms with van der Waals surface area (Å²) >= 11 is 0. The standard InChI is InChI=1S/C18H18N4O2/c1-12-11-22(18(19)21-12)20-10-15-9-14(5-8-17(15)23)13-3-6-16(24-2)7-4-13/h3-11,23H,1-2H3,(H2,19,21). The van der Waals surface area contributed by atoms with Gasteiger partial charge in [-0.05, 0) is 42.3 Å². The molecule has 0 bridgehead atoms. The van der Waals surface area contributed by atoms with Crippen LogP contribution in [0.1, 0.15) is 11.3 Å². The van der Waals surface area contributed by atoms with E-state index >= 15 is 0 Å². The summed E-state index contributed by atoms with van der Waals surface area (Å²) in [5, 5.41) is 14.3. The molecule has 0 spiro atoms. The van der Waals surface area contributed by atoms with E-state index in [1.54, 1.807) is 25.6 Å². The number of hydrogen-bond donors (Lipinski definition) is 2. The molecule has 0 saturated heterocycles. The number of rotatable bonds is 4. The average molecular weight is 322 g/mol. The second-order valence-corrected chi connectivity index (χ2v) is 5.33. The van der Waals surface area contributed by atoms with Crippen LogP contribution < -0.4 is 10.5 Å². The summed E-state index contributed by atoms with van der Waals surface area (Å²) in [6, 6.07) is 13.1. The Labute approximate surface area is 139 Å². The van der Waals surface area contributed by atoms with Crippen LogP contribution in [0.25, 0.3) is 11.1 Å². The van der Waals surface area contributed by atoms with E-state index in [-0.39, 0.29) is 5.75 Å². The van der Waals surface area contributed by atoms with E-state index in [0.717, 1.165) is 22.6 Å². The van der Waals surface area contributed by atoms with Crippen molar-refractivity contribution in [2.75, 3.05) is 12.8 Å². The Bertz CT molecular complexity index is 883. The number of methoxy groups -OCH3 is 1. The van der Waals surface area contributed by atoms with Gasteiger partial charge in [0, 0.05) is 5.56 Å². The van der Waals surface area contributed by atoms with Crippen molar-refractivity contribution >= 4 is 12.2 Å². The molecule has 0 unspecified atom stereocenters. The molecule has 0 aliphatic rings. The fourth-order valence-corrected chi connectivity index (χ4v) is 2.34. The fraction of sp³-hybridized carbons (Fsp3) is 0.111. The summed E-state index contributed by atoms with van der Waals surface area (Å²) in [6.07, 6.45) is 3.27. The van der Waals surface area contributed by atoms with E-state index in [1.807, 2.05) is 43.3 Å². The SMILES string of the molecule is COc1ccc(-c2ccc(O)c(C=Nn3cc(C)nc3N)c2)cc1. The first-order valence-electron chi connectivity index (χ1n) is 7.40. The van der Waals surface area contributed by atoms with Gasteiger partial charge in [-0.3, -0.25) is 0 Å². The smallest absolute Gasteiger partial charge is 0.221 e. The summed E-state index contributed by atoms with van der Waals surface area (Å²) in [5.41, 5.74) is 9.11. The van der Waals surface area contributed by atoms with Crippen LogP contribution in [0.4, 0.5) is 5.95 Å². The molecule has 1 aromatic heterocycles. The lowest BCUT2D eigenvalue weighted by molar-refractivity contribution is 0.415. The number of imidazole rings is 1. The minimum absolute atomic E-state index is 0.145. The van der Waals surface area contributed by atoms with Gasteiger partial charge in [0.05, 0.1) is 25.2 Å². The second kappa shape index (κ2) is 6.45. The van der Waals surface area contributed by atoms with Crippen molar-refractivity contribution in [3.63, 3.8) is 0 Å². The zero-order chi connectivity index (χ0) is 17.1. The zero-order valence-corrected chi connectivity index (χ0v) is 13.5. The second-order valence-electron chi connectivity index (χ2n) is 5.33. The minimum Gasteiger partial charge on any atom is -0.507 e. The number of nitrogen functional groups attached to an aromatic ring is 1. The highest BCUT2D eigenvalue weighted by molar-refractivity contribution is 5.86. The van der Waals surface area contributed by atoms with E-state index in [0.29, 0.717) is 11.5 Å². The molecule has 0 radical (unpaired) electrons. The number of nitrogens with two attached hydrogens (primary N) is 1. The largest absolute Gasteiger partial charge is 0.507 e. The molecule has 24 heavy (non-hydrogen) atoms. The minimum atomic E-state index is 0.145. The molecule has 2 aromatic carbocycles. The van der Waals surface area contributed by atoms with Gasteiger partial charge in [-0.2, -0.15) is 5.10 Å². The highest BCUT2D eigenvalue weighted by Crippen LogP contribution is 2.26. The van der Waals surface area contributed by atoms with E-state index in [9.17, 15) is 5.11 Å². The van der Waals surface area contributed by atoms with Gasteiger partial charge >= 0.3 is 0 Å². The molecule has 0 aliphatic heterocycles. The van der Waals surface area contributed by atoms with Crippen molar-refractivity contribution in [3.05, 3.63) is 59.9 Å². The number of hydrogen-bond acceptors (Lipinski definition) is 5. The summed E-state index contributed by atoms with van der Waals surface area (Å²) in [5.74, 6) is 1.24. The molecular weight excluding hydrogens is 304 g/mol. The Morgan fingerprint density at radius 1 is 1.17 bits per heavy atom. The number of anilines is 1. The van der Waals surface area contributed by atoms with Crippen molar-refractivity contribution in [3.8, 4) is 22.6 Å². The van der Waals surface area contributed by atoms with Crippen LogP contribution in [-0.2, 0) is 0 Å². The Hall–Kier alpha value is -3.28. The maximum absolute atomic E-state index is 10.0. The normalized spacial score (nSPS) is 11.1. The number of nitrogens with zero attached hydrogens (tertiary/aromatic N) is 3. The number of benzene rings is 2. The summed E-state index contributed by atoms with van der Waals surface area (Å²) in [6.45, 7) is 1.84. The Balaban J connectivity index is 1.92. The molecule has 3 N–H and O–H groups in total. The van der Waals surface area contributed by atoms with Crippen molar-refractivity contribution < 1.29 is 9.84 Å². The third-order valence-corrected chi connectivity index (χ3v) is 3.61. The first kappa shape index (κ1) is 15.6. The average Bonchev–Trinajstić information content (AvgIpc) is 2.92. The molecule has 0 saturated carbocycles. The quantitative estimate of drug-likeness (QED) is 0.723. The highest BCUT2D eigenvalue weighted by Gasteiger charge is 2.05. The Morgan fingerprint density at radius 2 is 1.88 bits per heavy atom. The molecule has 0 amide bonds. The summed E-state index contributed by atoms with van der Waals surface area (Å²) < 4.78 is 6.63. The maximum Gasteiger partial charge on any atom is 0.221 e. The van der Waals surface area contributed by atoms with Gasteiger partial charge < -0.3 is 15.6 Å². The van der Waals surface area contributed by atoms with Crippen molar-refractivity contribution in [1.82, 2.24) is 9.66 Å².